The summed E-state index contributed by atoms with van der Waals surface area (Å²) in [5.41, 5.74) is 0.821. The van der Waals surface area contributed by atoms with Crippen molar-refractivity contribution in [2.24, 2.45) is 5.92 Å². The number of aromatic hydroxyl groups is 2. The Morgan fingerprint density at radius 1 is 1.14 bits per heavy atom. The fourth-order valence-corrected chi connectivity index (χ4v) is 1.17. The van der Waals surface area contributed by atoms with Gasteiger partial charge in [0.15, 0.2) is 11.5 Å². The van der Waals surface area contributed by atoms with Crippen LogP contribution < -0.4 is 0 Å². The van der Waals surface area contributed by atoms with Crippen LogP contribution in [0.15, 0.2) is 18.2 Å². The molecule has 3 nitrogen and oxygen atoms in total. The lowest BCUT2D eigenvalue weighted by atomic mass is 9.99. The first-order valence-corrected chi connectivity index (χ1v) is 4.69. The third kappa shape index (κ3) is 2.64. The van der Waals surface area contributed by atoms with Crippen LogP contribution in [-0.4, -0.2) is 21.4 Å². The maximum absolute atomic E-state index is 9.60. The minimum Gasteiger partial charge on any atom is -0.504 e. The Labute approximate surface area is 83.6 Å². The summed E-state index contributed by atoms with van der Waals surface area (Å²) in [6.07, 6.45) is 0.0739. The van der Waals surface area contributed by atoms with Crippen LogP contribution in [0.1, 0.15) is 19.4 Å². The molecule has 1 aromatic carbocycles. The van der Waals surface area contributed by atoms with Crippen molar-refractivity contribution in [3.63, 3.8) is 0 Å². The molecule has 0 saturated carbocycles. The van der Waals surface area contributed by atoms with Crippen LogP contribution in [0.2, 0.25) is 0 Å². The molecule has 0 fully saturated rings. The van der Waals surface area contributed by atoms with Gasteiger partial charge in [-0.2, -0.15) is 0 Å². The summed E-state index contributed by atoms with van der Waals surface area (Å²) < 4.78 is 0. The third-order valence-electron chi connectivity index (χ3n) is 2.25. The summed E-state index contributed by atoms with van der Waals surface area (Å²) >= 11 is 0. The van der Waals surface area contributed by atoms with E-state index in [0.29, 0.717) is 6.42 Å². The van der Waals surface area contributed by atoms with Gasteiger partial charge in [-0.25, -0.2) is 0 Å². The molecule has 1 unspecified atom stereocenters. The van der Waals surface area contributed by atoms with Gasteiger partial charge in [-0.3, -0.25) is 0 Å². The largest absolute Gasteiger partial charge is 0.504 e. The maximum Gasteiger partial charge on any atom is 0.157 e. The highest BCUT2D eigenvalue weighted by atomic mass is 16.3. The zero-order valence-electron chi connectivity index (χ0n) is 8.44. The monoisotopic (exact) mass is 196 g/mol. The minimum atomic E-state index is -0.418. The maximum atomic E-state index is 9.60. The molecule has 0 aliphatic heterocycles. The topological polar surface area (TPSA) is 60.7 Å². The fraction of sp³-hybridized carbons (Fsp3) is 0.455. The molecular formula is C11H16O3. The summed E-state index contributed by atoms with van der Waals surface area (Å²) in [5.74, 6) is -0.0859. The second-order valence-corrected chi connectivity index (χ2v) is 3.84. The van der Waals surface area contributed by atoms with Crippen molar-refractivity contribution >= 4 is 0 Å². The summed E-state index contributed by atoms with van der Waals surface area (Å²) in [6, 6.07) is 4.60. The molecule has 78 valence electrons. The number of phenolic OH excluding ortho intramolecular Hbond substituents is 2. The van der Waals surface area contributed by atoms with E-state index in [1.54, 1.807) is 6.07 Å². The second kappa shape index (κ2) is 4.33. The SMILES string of the molecule is CC(C)C(O)Cc1ccc(O)c(O)c1. The van der Waals surface area contributed by atoms with Crippen LogP contribution in [0, 0.1) is 5.92 Å². The molecule has 0 spiro atoms. The van der Waals surface area contributed by atoms with E-state index in [-0.39, 0.29) is 17.4 Å². The van der Waals surface area contributed by atoms with Gasteiger partial charge in [-0.1, -0.05) is 19.9 Å². The zero-order chi connectivity index (χ0) is 10.7. The molecular weight excluding hydrogens is 180 g/mol. The van der Waals surface area contributed by atoms with Crippen molar-refractivity contribution < 1.29 is 15.3 Å². The lowest BCUT2D eigenvalue weighted by molar-refractivity contribution is 0.125. The highest BCUT2D eigenvalue weighted by Crippen LogP contribution is 2.25. The summed E-state index contributed by atoms with van der Waals surface area (Å²) in [7, 11) is 0. The summed E-state index contributed by atoms with van der Waals surface area (Å²) in [5, 5.41) is 27.9. The lowest BCUT2D eigenvalue weighted by Gasteiger charge is -2.14. The van der Waals surface area contributed by atoms with Crippen molar-refractivity contribution in [2.45, 2.75) is 26.4 Å². The van der Waals surface area contributed by atoms with Crippen molar-refractivity contribution in [1.82, 2.24) is 0 Å². The highest BCUT2D eigenvalue weighted by Gasteiger charge is 2.10. The molecule has 1 atom stereocenters. The Morgan fingerprint density at radius 3 is 2.29 bits per heavy atom. The standard InChI is InChI=1S/C11H16O3/c1-7(2)10(13)5-8-3-4-9(12)11(14)6-8/h3-4,6-7,10,12-14H,5H2,1-2H3. The van der Waals surface area contributed by atoms with Gasteiger partial charge in [0.05, 0.1) is 6.10 Å². The van der Waals surface area contributed by atoms with Gasteiger partial charge in [0.2, 0.25) is 0 Å². The van der Waals surface area contributed by atoms with Crippen LogP contribution in [0.4, 0.5) is 0 Å². The van der Waals surface area contributed by atoms with Gasteiger partial charge < -0.3 is 15.3 Å². The Morgan fingerprint density at radius 2 is 1.79 bits per heavy atom. The van der Waals surface area contributed by atoms with Crippen LogP contribution in [0.5, 0.6) is 11.5 Å². The number of hydrogen-bond acceptors (Lipinski definition) is 3. The summed E-state index contributed by atoms with van der Waals surface area (Å²) in [6.45, 7) is 3.87. The van der Waals surface area contributed by atoms with Crippen molar-refractivity contribution in [3.05, 3.63) is 23.8 Å². The number of rotatable bonds is 3. The predicted molar refractivity (Wildman–Crippen MR) is 54.3 cm³/mol. The van der Waals surface area contributed by atoms with Gasteiger partial charge >= 0.3 is 0 Å². The van der Waals surface area contributed by atoms with E-state index in [0.717, 1.165) is 5.56 Å². The number of phenols is 2. The summed E-state index contributed by atoms with van der Waals surface area (Å²) in [4.78, 5) is 0. The van der Waals surface area contributed by atoms with Crippen LogP contribution >= 0.6 is 0 Å². The highest BCUT2D eigenvalue weighted by molar-refractivity contribution is 5.40. The Kier molecular flexibility index (Phi) is 3.36. The van der Waals surface area contributed by atoms with Gasteiger partial charge in [0, 0.05) is 0 Å². The van der Waals surface area contributed by atoms with E-state index in [1.165, 1.54) is 12.1 Å². The first-order valence-electron chi connectivity index (χ1n) is 4.69. The molecule has 3 heteroatoms. The van der Waals surface area contributed by atoms with Crippen LogP contribution in [-0.2, 0) is 6.42 Å². The average Bonchev–Trinajstić information content (AvgIpc) is 2.11. The molecule has 0 aliphatic rings. The predicted octanol–water partition coefficient (Wildman–Crippen LogP) is 1.66. The zero-order valence-corrected chi connectivity index (χ0v) is 8.44. The Bertz CT molecular complexity index is 307. The van der Waals surface area contributed by atoms with E-state index >= 15 is 0 Å². The molecule has 0 saturated heterocycles. The average molecular weight is 196 g/mol. The number of hydrogen-bond donors (Lipinski definition) is 3. The molecule has 1 aromatic rings. The first-order chi connectivity index (χ1) is 6.50. The van der Waals surface area contributed by atoms with Crippen LogP contribution in [0.3, 0.4) is 0 Å². The van der Waals surface area contributed by atoms with E-state index in [2.05, 4.69) is 0 Å². The van der Waals surface area contributed by atoms with E-state index < -0.39 is 6.10 Å². The molecule has 3 N–H and O–H groups in total. The first kappa shape index (κ1) is 10.9. The number of benzene rings is 1. The Hall–Kier alpha value is -1.22. The number of aliphatic hydroxyl groups excluding tert-OH is 1. The quantitative estimate of drug-likeness (QED) is 0.644. The van der Waals surface area contributed by atoms with Crippen molar-refractivity contribution in [3.8, 4) is 11.5 Å². The van der Waals surface area contributed by atoms with E-state index in [4.69, 9.17) is 5.11 Å². The molecule has 0 heterocycles. The van der Waals surface area contributed by atoms with Crippen LogP contribution in [0.25, 0.3) is 0 Å². The number of aliphatic hydroxyl groups is 1. The van der Waals surface area contributed by atoms with Gasteiger partial charge in [-0.15, -0.1) is 0 Å². The minimum absolute atomic E-state index is 0.132. The van der Waals surface area contributed by atoms with Crippen molar-refractivity contribution in [1.29, 1.82) is 0 Å². The lowest BCUT2D eigenvalue weighted by Crippen LogP contribution is -2.17. The van der Waals surface area contributed by atoms with Gasteiger partial charge in [0.1, 0.15) is 0 Å². The van der Waals surface area contributed by atoms with Gasteiger partial charge in [0.25, 0.3) is 0 Å². The molecule has 0 aromatic heterocycles. The molecule has 0 radical (unpaired) electrons. The molecule has 1 rings (SSSR count). The molecule has 0 bridgehead atoms. The molecule has 0 aliphatic carbocycles. The second-order valence-electron chi connectivity index (χ2n) is 3.84. The normalized spacial score (nSPS) is 13.1. The third-order valence-corrected chi connectivity index (χ3v) is 2.25. The van der Waals surface area contributed by atoms with E-state index in [1.807, 2.05) is 13.8 Å². The smallest absolute Gasteiger partial charge is 0.157 e. The van der Waals surface area contributed by atoms with Gasteiger partial charge in [-0.05, 0) is 30.0 Å². The Balaban J connectivity index is 2.73. The van der Waals surface area contributed by atoms with Crippen molar-refractivity contribution in [2.75, 3.05) is 0 Å². The fourth-order valence-electron chi connectivity index (χ4n) is 1.17. The van der Waals surface area contributed by atoms with E-state index in [9.17, 15) is 10.2 Å². The molecule has 0 amide bonds. The molecule has 14 heavy (non-hydrogen) atoms.